The van der Waals surface area contributed by atoms with Gasteiger partial charge < -0.3 is 5.11 Å². The Labute approximate surface area is 124 Å². The van der Waals surface area contributed by atoms with Crippen molar-refractivity contribution in [1.29, 1.82) is 0 Å². The van der Waals surface area contributed by atoms with E-state index in [2.05, 4.69) is 25.0 Å². The van der Waals surface area contributed by atoms with Gasteiger partial charge in [0.2, 0.25) is 0 Å². The lowest BCUT2D eigenvalue weighted by molar-refractivity contribution is 0.475. The normalized spacial score (nSPS) is 10.1. The second-order valence-electron chi connectivity index (χ2n) is 4.13. The molecule has 0 fully saturated rings. The summed E-state index contributed by atoms with van der Waals surface area (Å²) >= 11 is 1.38. The van der Waals surface area contributed by atoms with Crippen molar-refractivity contribution in [2.45, 2.75) is 0 Å². The van der Waals surface area contributed by atoms with Crippen molar-refractivity contribution in [3.63, 3.8) is 0 Å². The minimum atomic E-state index is 0.262. The molecule has 7 heteroatoms. The van der Waals surface area contributed by atoms with Crippen molar-refractivity contribution in [3.05, 3.63) is 54.9 Å². The van der Waals surface area contributed by atoms with E-state index in [0.717, 1.165) is 21.3 Å². The first-order chi connectivity index (χ1) is 10.3. The van der Waals surface area contributed by atoms with Crippen LogP contribution in [0.5, 0.6) is 5.75 Å². The van der Waals surface area contributed by atoms with E-state index < -0.39 is 0 Å². The summed E-state index contributed by atoms with van der Waals surface area (Å²) in [4.78, 5) is 0. The first kappa shape index (κ1) is 13.2. The van der Waals surface area contributed by atoms with Gasteiger partial charge in [-0.3, -0.25) is 0 Å². The molecule has 21 heavy (non-hydrogen) atoms. The number of nitrogens with one attached hydrogen (secondary N) is 1. The van der Waals surface area contributed by atoms with Crippen LogP contribution in [-0.2, 0) is 0 Å². The summed E-state index contributed by atoms with van der Waals surface area (Å²) in [5.41, 5.74) is 2.85. The third-order valence-electron chi connectivity index (χ3n) is 2.77. The van der Waals surface area contributed by atoms with Crippen LogP contribution in [0.15, 0.2) is 54.9 Å². The van der Waals surface area contributed by atoms with E-state index in [1.54, 1.807) is 24.5 Å². The molecule has 104 valence electrons. The maximum atomic E-state index is 9.46. The minimum Gasteiger partial charge on any atom is -0.508 e. The molecule has 0 unspecified atom stereocenters. The van der Waals surface area contributed by atoms with Crippen molar-refractivity contribution in [3.8, 4) is 16.9 Å². The first-order valence-corrected chi connectivity index (χ1v) is 6.92. The lowest BCUT2D eigenvalue weighted by Gasteiger charge is -2.02. The standard InChI is InChI=1S/C12H8N2OS.C2H3N3/c15-9-4-1-3-8(7-9)10-5-2-6-11-12(10)13-14-16-11;1-2-4-5-3-1/h1-7,15H;1-2H,(H,3,4,5). The van der Waals surface area contributed by atoms with Crippen LogP contribution in [0.2, 0.25) is 0 Å². The fraction of sp³-hybridized carbons (Fsp3) is 0. The van der Waals surface area contributed by atoms with Gasteiger partial charge in [-0.2, -0.15) is 15.4 Å². The zero-order chi connectivity index (χ0) is 14.5. The molecule has 4 aromatic rings. The van der Waals surface area contributed by atoms with E-state index in [-0.39, 0.29) is 5.75 Å². The van der Waals surface area contributed by atoms with Crippen LogP contribution in [0.4, 0.5) is 0 Å². The summed E-state index contributed by atoms with van der Waals surface area (Å²) in [5, 5.41) is 22.9. The molecular formula is C14H11N5OS. The molecule has 0 aliphatic rings. The molecule has 0 saturated heterocycles. The molecule has 0 bridgehead atoms. The summed E-state index contributed by atoms with van der Waals surface area (Å²) < 4.78 is 5.00. The predicted molar refractivity (Wildman–Crippen MR) is 80.9 cm³/mol. The van der Waals surface area contributed by atoms with Crippen LogP contribution in [0.1, 0.15) is 0 Å². The first-order valence-electron chi connectivity index (χ1n) is 6.15. The summed E-state index contributed by atoms with van der Waals surface area (Å²) in [7, 11) is 0. The van der Waals surface area contributed by atoms with Crippen molar-refractivity contribution in [1.82, 2.24) is 25.0 Å². The third-order valence-corrected chi connectivity index (χ3v) is 3.46. The Morgan fingerprint density at radius 1 is 1.00 bits per heavy atom. The van der Waals surface area contributed by atoms with Gasteiger partial charge in [0.25, 0.3) is 0 Å². The molecule has 0 amide bonds. The van der Waals surface area contributed by atoms with Crippen LogP contribution in [0, 0.1) is 0 Å². The fourth-order valence-electron chi connectivity index (χ4n) is 1.88. The van der Waals surface area contributed by atoms with Gasteiger partial charge in [0.15, 0.2) is 0 Å². The van der Waals surface area contributed by atoms with E-state index in [0.29, 0.717) is 0 Å². The van der Waals surface area contributed by atoms with Gasteiger partial charge in [0.05, 0.1) is 17.1 Å². The maximum Gasteiger partial charge on any atom is 0.116 e. The third kappa shape index (κ3) is 3.03. The number of benzene rings is 2. The lowest BCUT2D eigenvalue weighted by atomic mass is 10.0. The average Bonchev–Trinajstić information content (AvgIpc) is 3.21. The molecule has 0 atom stereocenters. The van der Waals surface area contributed by atoms with E-state index in [1.807, 2.05) is 30.3 Å². The SMILES string of the molecule is Oc1cccc(-c2cccc3snnc23)c1.c1cn[nH]n1. The van der Waals surface area contributed by atoms with Gasteiger partial charge in [-0.15, -0.1) is 5.10 Å². The van der Waals surface area contributed by atoms with E-state index >= 15 is 0 Å². The number of phenolic OH excluding ortho intramolecular Hbond substituents is 1. The summed E-state index contributed by atoms with van der Waals surface area (Å²) in [6.45, 7) is 0. The van der Waals surface area contributed by atoms with Crippen LogP contribution < -0.4 is 0 Å². The number of aromatic amines is 1. The Bertz CT molecular complexity index is 811. The number of H-pyrrole nitrogens is 1. The van der Waals surface area contributed by atoms with Crippen LogP contribution >= 0.6 is 11.5 Å². The number of hydrogen-bond donors (Lipinski definition) is 2. The highest BCUT2D eigenvalue weighted by molar-refractivity contribution is 7.13. The van der Waals surface area contributed by atoms with E-state index in [1.165, 1.54) is 11.5 Å². The van der Waals surface area contributed by atoms with Gasteiger partial charge in [-0.1, -0.05) is 28.8 Å². The quantitative estimate of drug-likeness (QED) is 0.564. The average molecular weight is 297 g/mol. The molecule has 2 aromatic carbocycles. The fourth-order valence-corrected chi connectivity index (χ4v) is 2.46. The number of aromatic nitrogens is 5. The Morgan fingerprint density at radius 3 is 2.52 bits per heavy atom. The van der Waals surface area contributed by atoms with Crippen LogP contribution in [-0.4, -0.2) is 30.1 Å². The Morgan fingerprint density at radius 2 is 1.81 bits per heavy atom. The van der Waals surface area contributed by atoms with E-state index in [4.69, 9.17) is 0 Å². The Balaban J connectivity index is 0.000000225. The molecule has 0 saturated carbocycles. The smallest absolute Gasteiger partial charge is 0.116 e. The molecule has 6 nitrogen and oxygen atoms in total. The number of nitrogens with zero attached hydrogens (tertiary/aromatic N) is 4. The predicted octanol–water partition coefficient (Wildman–Crippen LogP) is 2.87. The van der Waals surface area contributed by atoms with Crippen LogP contribution in [0.25, 0.3) is 21.3 Å². The molecule has 0 radical (unpaired) electrons. The van der Waals surface area contributed by atoms with Gasteiger partial charge in [0, 0.05) is 5.56 Å². The number of aromatic hydroxyl groups is 1. The summed E-state index contributed by atoms with van der Waals surface area (Å²) in [6.07, 6.45) is 3.17. The molecular weight excluding hydrogens is 286 g/mol. The van der Waals surface area contributed by atoms with E-state index in [9.17, 15) is 5.11 Å². The topological polar surface area (TPSA) is 87.6 Å². The summed E-state index contributed by atoms with van der Waals surface area (Å²) in [6, 6.07) is 13.1. The molecule has 2 aromatic heterocycles. The van der Waals surface area contributed by atoms with Crippen molar-refractivity contribution < 1.29 is 5.11 Å². The molecule has 2 N–H and O–H groups in total. The molecule has 4 rings (SSSR count). The second-order valence-corrected chi connectivity index (χ2v) is 4.92. The largest absolute Gasteiger partial charge is 0.508 e. The van der Waals surface area contributed by atoms with Gasteiger partial charge in [0.1, 0.15) is 11.3 Å². The number of phenols is 1. The zero-order valence-electron chi connectivity index (χ0n) is 10.8. The number of fused-ring (bicyclic) bond motifs is 1. The van der Waals surface area contributed by atoms with Gasteiger partial charge >= 0.3 is 0 Å². The highest BCUT2D eigenvalue weighted by Gasteiger charge is 2.06. The van der Waals surface area contributed by atoms with Crippen molar-refractivity contribution in [2.75, 3.05) is 0 Å². The molecule has 0 aliphatic heterocycles. The molecule has 0 aliphatic carbocycles. The highest BCUT2D eigenvalue weighted by Crippen LogP contribution is 2.30. The Hall–Kier alpha value is -2.80. The second kappa shape index (κ2) is 6.10. The maximum absolute atomic E-state index is 9.46. The van der Waals surface area contributed by atoms with Crippen molar-refractivity contribution >= 4 is 21.7 Å². The zero-order valence-corrected chi connectivity index (χ0v) is 11.7. The molecule has 2 heterocycles. The highest BCUT2D eigenvalue weighted by atomic mass is 32.1. The van der Waals surface area contributed by atoms with Gasteiger partial charge in [-0.25, -0.2) is 0 Å². The number of rotatable bonds is 1. The molecule has 0 spiro atoms. The van der Waals surface area contributed by atoms with Gasteiger partial charge in [-0.05, 0) is 35.3 Å². The number of hydrogen-bond acceptors (Lipinski definition) is 6. The lowest BCUT2D eigenvalue weighted by Crippen LogP contribution is -1.80. The monoisotopic (exact) mass is 297 g/mol. The summed E-state index contributed by atoms with van der Waals surface area (Å²) in [5.74, 6) is 0.262. The Kier molecular flexibility index (Phi) is 3.83. The van der Waals surface area contributed by atoms with Crippen molar-refractivity contribution in [2.24, 2.45) is 0 Å². The minimum absolute atomic E-state index is 0.262. The van der Waals surface area contributed by atoms with Crippen LogP contribution in [0.3, 0.4) is 0 Å².